The largest absolute Gasteiger partial charge is 0.493 e. The fourth-order valence-corrected chi connectivity index (χ4v) is 5.73. The quantitative estimate of drug-likeness (QED) is 0.473. The standard InChI is InChI=1S/C25H34ClN3O4S/c1-15(2)27-14-19-6-7-20-22(8-9-33-23(20)13-19)28-25(30)12-18(5)29-34(31,32)24-11-16(3)21(26)10-17(24)4/h6-7,10-11,13,15,18,22,27,29H,8-9,12,14H2,1-5H3,(H,28,30)/t18-,22+/m0/s1. The monoisotopic (exact) mass is 507 g/mol. The Morgan fingerprint density at radius 1 is 1.15 bits per heavy atom. The molecule has 1 heterocycles. The number of nitrogens with one attached hydrogen (secondary N) is 3. The van der Waals surface area contributed by atoms with Gasteiger partial charge in [-0.2, -0.15) is 0 Å². The molecule has 0 saturated heterocycles. The van der Waals surface area contributed by atoms with Crippen LogP contribution < -0.4 is 20.1 Å². The molecule has 2 aromatic rings. The highest BCUT2D eigenvalue weighted by molar-refractivity contribution is 7.89. The van der Waals surface area contributed by atoms with Crippen molar-refractivity contribution in [3.8, 4) is 5.75 Å². The summed E-state index contributed by atoms with van der Waals surface area (Å²) in [6, 6.07) is 8.86. The molecule has 3 rings (SSSR count). The Kier molecular flexibility index (Phi) is 8.62. The van der Waals surface area contributed by atoms with Crippen LogP contribution in [-0.2, 0) is 21.4 Å². The summed E-state index contributed by atoms with van der Waals surface area (Å²) in [4.78, 5) is 12.9. The summed E-state index contributed by atoms with van der Waals surface area (Å²) >= 11 is 6.10. The fourth-order valence-electron chi connectivity index (χ4n) is 3.96. The van der Waals surface area contributed by atoms with Gasteiger partial charge in [0.1, 0.15) is 5.75 Å². The molecule has 0 radical (unpaired) electrons. The van der Waals surface area contributed by atoms with Crippen LogP contribution in [0.5, 0.6) is 5.75 Å². The van der Waals surface area contributed by atoms with Gasteiger partial charge in [-0.25, -0.2) is 13.1 Å². The normalized spacial score (nSPS) is 16.6. The van der Waals surface area contributed by atoms with E-state index in [1.165, 1.54) is 0 Å². The second-order valence-electron chi connectivity index (χ2n) is 9.26. The molecule has 186 valence electrons. The van der Waals surface area contributed by atoms with Gasteiger partial charge in [-0.15, -0.1) is 0 Å². The molecule has 0 aliphatic carbocycles. The van der Waals surface area contributed by atoms with Crippen LogP contribution in [0.4, 0.5) is 0 Å². The van der Waals surface area contributed by atoms with Crippen LogP contribution in [0, 0.1) is 13.8 Å². The van der Waals surface area contributed by atoms with Crippen LogP contribution in [0.25, 0.3) is 0 Å². The van der Waals surface area contributed by atoms with Crippen molar-refractivity contribution in [2.24, 2.45) is 0 Å². The number of sulfonamides is 1. The van der Waals surface area contributed by atoms with E-state index in [-0.39, 0.29) is 23.3 Å². The van der Waals surface area contributed by atoms with Gasteiger partial charge in [0, 0.05) is 42.1 Å². The molecular formula is C25H34ClN3O4S. The van der Waals surface area contributed by atoms with Gasteiger partial charge in [0.05, 0.1) is 17.5 Å². The van der Waals surface area contributed by atoms with E-state index in [9.17, 15) is 13.2 Å². The Bertz CT molecular complexity index is 1150. The molecule has 0 aromatic heterocycles. The number of ether oxygens (including phenoxy) is 1. The molecule has 1 amide bonds. The highest BCUT2D eigenvalue weighted by Gasteiger charge is 2.26. The third-order valence-electron chi connectivity index (χ3n) is 5.76. The number of carbonyl (C=O) groups excluding carboxylic acids is 1. The third-order valence-corrected chi connectivity index (χ3v) is 7.90. The van der Waals surface area contributed by atoms with Gasteiger partial charge in [0.25, 0.3) is 0 Å². The molecule has 0 fully saturated rings. The summed E-state index contributed by atoms with van der Waals surface area (Å²) in [5.74, 6) is 0.560. The number of carbonyl (C=O) groups is 1. The molecule has 1 aliphatic rings. The molecule has 7 nitrogen and oxygen atoms in total. The Morgan fingerprint density at radius 2 is 1.88 bits per heavy atom. The van der Waals surface area contributed by atoms with Gasteiger partial charge in [0.15, 0.2) is 0 Å². The molecule has 2 aromatic carbocycles. The van der Waals surface area contributed by atoms with E-state index in [2.05, 4.69) is 29.2 Å². The van der Waals surface area contributed by atoms with Gasteiger partial charge in [0.2, 0.25) is 15.9 Å². The van der Waals surface area contributed by atoms with Crippen molar-refractivity contribution in [2.45, 2.75) is 77.0 Å². The van der Waals surface area contributed by atoms with Crippen molar-refractivity contribution in [3.05, 3.63) is 57.6 Å². The van der Waals surface area contributed by atoms with Crippen molar-refractivity contribution < 1.29 is 17.9 Å². The summed E-state index contributed by atoms with van der Waals surface area (Å²) in [5, 5.41) is 6.95. The van der Waals surface area contributed by atoms with E-state index in [4.69, 9.17) is 16.3 Å². The maximum absolute atomic E-state index is 12.9. The number of benzene rings is 2. The summed E-state index contributed by atoms with van der Waals surface area (Å²) in [6.07, 6.45) is 0.680. The highest BCUT2D eigenvalue weighted by atomic mass is 35.5. The van der Waals surface area contributed by atoms with E-state index < -0.39 is 16.1 Å². The first kappa shape index (κ1) is 26.5. The Labute approximate surface area is 207 Å². The van der Waals surface area contributed by atoms with Crippen LogP contribution in [0.15, 0.2) is 35.2 Å². The molecule has 0 spiro atoms. The van der Waals surface area contributed by atoms with Crippen LogP contribution in [0.2, 0.25) is 5.02 Å². The number of halogens is 1. The van der Waals surface area contributed by atoms with Gasteiger partial charge in [-0.3, -0.25) is 4.79 Å². The van der Waals surface area contributed by atoms with Crippen molar-refractivity contribution in [2.75, 3.05) is 6.61 Å². The molecule has 0 saturated carbocycles. The smallest absolute Gasteiger partial charge is 0.241 e. The lowest BCUT2D eigenvalue weighted by molar-refractivity contribution is -0.122. The van der Waals surface area contributed by atoms with E-state index in [0.29, 0.717) is 35.2 Å². The molecular weight excluding hydrogens is 474 g/mol. The van der Waals surface area contributed by atoms with E-state index in [0.717, 1.165) is 23.4 Å². The second-order valence-corrected chi connectivity index (χ2v) is 11.3. The minimum atomic E-state index is -3.79. The topological polar surface area (TPSA) is 96.5 Å². The number of amides is 1. The predicted molar refractivity (Wildman–Crippen MR) is 135 cm³/mol. The van der Waals surface area contributed by atoms with Crippen molar-refractivity contribution >= 4 is 27.5 Å². The Balaban J connectivity index is 1.62. The number of fused-ring (bicyclic) bond motifs is 1. The number of aryl methyl sites for hydroxylation is 2. The number of rotatable bonds is 9. The van der Waals surface area contributed by atoms with Crippen LogP contribution in [-0.4, -0.2) is 33.0 Å². The SMILES string of the molecule is Cc1cc(S(=O)(=O)N[C@@H](C)CC(=O)N[C@@H]2CCOc3cc(CNC(C)C)ccc32)c(C)cc1Cl. The van der Waals surface area contributed by atoms with Crippen LogP contribution in [0.1, 0.15) is 61.9 Å². The zero-order valence-electron chi connectivity index (χ0n) is 20.4. The average molecular weight is 508 g/mol. The maximum Gasteiger partial charge on any atom is 0.241 e. The van der Waals surface area contributed by atoms with Gasteiger partial charge in [-0.1, -0.05) is 37.6 Å². The summed E-state index contributed by atoms with van der Waals surface area (Å²) in [5.41, 5.74) is 3.30. The average Bonchev–Trinajstić information content (AvgIpc) is 2.74. The zero-order valence-corrected chi connectivity index (χ0v) is 21.9. The second kappa shape index (κ2) is 11.1. The number of hydrogen-bond acceptors (Lipinski definition) is 5. The first-order valence-electron chi connectivity index (χ1n) is 11.5. The minimum absolute atomic E-state index is 0.0218. The molecule has 9 heteroatoms. The maximum atomic E-state index is 12.9. The van der Waals surface area contributed by atoms with Crippen molar-refractivity contribution in [3.63, 3.8) is 0 Å². The minimum Gasteiger partial charge on any atom is -0.493 e. The lowest BCUT2D eigenvalue weighted by Gasteiger charge is -2.28. The lowest BCUT2D eigenvalue weighted by Crippen LogP contribution is -2.39. The van der Waals surface area contributed by atoms with Gasteiger partial charge < -0.3 is 15.4 Å². The van der Waals surface area contributed by atoms with Crippen LogP contribution >= 0.6 is 11.6 Å². The third kappa shape index (κ3) is 6.72. The van der Waals surface area contributed by atoms with Crippen LogP contribution in [0.3, 0.4) is 0 Å². The lowest BCUT2D eigenvalue weighted by atomic mass is 9.98. The van der Waals surface area contributed by atoms with E-state index in [1.807, 2.05) is 18.2 Å². The first-order valence-corrected chi connectivity index (χ1v) is 13.4. The summed E-state index contributed by atoms with van der Waals surface area (Å²) < 4.78 is 34.2. The van der Waals surface area contributed by atoms with Gasteiger partial charge >= 0.3 is 0 Å². The highest BCUT2D eigenvalue weighted by Crippen LogP contribution is 2.33. The summed E-state index contributed by atoms with van der Waals surface area (Å²) in [7, 11) is -3.79. The molecule has 2 atom stereocenters. The van der Waals surface area contributed by atoms with E-state index in [1.54, 1.807) is 32.9 Å². The summed E-state index contributed by atoms with van der Waals surface area (Å²) in [6.45, 7) is 10.6. The predicted octanol–water partition coefficient (Wildman–Crippen LogP) is 4.15. The molecule has 1 aliphatic heterocycles. The van der Waals surface area contributed by atoms with E-state index >= 15 is 0 Å². The molecule has 34 heavy (non-hydrogen) atoms. The number of hydrogen-bond donors (Lipinski definition) is 3. The molecule has 3 N–H and O–H groups in total. The van der Waals surface area contributed by atoms with Crippen molar-refractivity contribution in [1.29, 1.82) is 0 Å². The Hall–Kier alpha value is -2.13. The zero-order chi connectivity index (χ0) is 25.0. The Morgan fingerprint density at radius 3 is 2.59 bits per heavy atom. The molecule has 0 bridgehead atoms. The molecule has 0 unspecified atom stereocenters. The fraction of sp³-hybridized carbons (Fsp3) is 0.480. The van der Waals surface area contributed by atoms with Gasteiger partial charge in [-0.05, 0) is 55.7 Å². The first-order chi connectivity index (χ1) is 16.0. The van der Waals surface area contributed by atoms with Crippen molar-refractivity contribution in [1.82, 2.24) is 15.4 Å².